The van der Waals surface area contributed by atoms with Crippen molar-refractivity contribution in [2.45, 2.75) is 31.1 Å². The van der Waals surface area contributed by atoms with Crippen molar-refractivity contribution >= 4 is 27.5 Å². The van der Waals surface area contributed by atoms with E-state index >= 15 is 0 Å². The highest BCUT2D eigenvalue weighted by atomic mass is 79.9. The molecule has 0 aromatic heterocycles. The van der Waals surface area contributed by atoms with Crippen LogP contribution in [0.1, 0.15) is 24.8 Å². The van der Waals surface area contributed by atoms with Crippen LogP contribution in [0.4, 0.5) is 0 Å². The zero-order chi connectivity index (χ0) is 9.97. The van der Waals surface area contributed by atoms with Gasteiger partial charge < -0.3 is 0 Å². The lowest BCUT2D eigenvalue weighted by Crippen LogP contribution is -2.04. The van der Waals surface area contributed by atoms with E-state index in [4.69, 9.17) is 11.6 Å². The normalized spacial score (nSPS) is 18.1. The van der Waals surface area contributed by atoms with Crippen LogP contribution in [0, 0.1) is 5.92 Å². The second-order valence-electron chi connectivity index (χ2n) is 4.11. The van der Waals surface area contributed by atoms with E-state index in [1.165, 1.54) is 24.8 Å². The molecule has 0 nitrogen and oxygen atoms in total. The fourth-order valence-corrected chi connectivity index (χ4v) is 2.37. The Balaban J connectivity index is 1.85. The number of benzene rings is 1. The Kier molecular flexibility index (Phi) is 3.51. The molecular weight excluding hydrogens is 259 g/mol. The van der Waals surface area contributed by atoms with E-state index in [1.807, 2.05) is 0 Å². The van der Waals surface area contributed by atoms with Gasteiger partial charge in [-0.15, -0.1) is 11.6 Å². The van der Waals surface area contributed by atoms with Crippen LogP contribution in [0.15, 0.2) is 28.7 Å². The lowest BCUT2D eigenvalue weighted by atomic mass is 10.1. The van der Waals surface area contributed by atoms with Crippen LogP contribution < -0.4 is 0 Å². The quantitative estimate of drug-likeness (QED) is 0.713. The molecule has 0 aliphatic heterocycles. The van der Waals surface area contributed by atoms with Gasteiger partial charge in [0.15, 0.2) is 0 Å². The third kappa shape index (κ3) is 3.29. The van der Waals surface area contributed by atoms with Crippen LogP contribution in [0.25, 0.3) is 0 Å². The van der Waals surface area contributed by atoms with E-state index in [0.717, 1.165) is 16.8 Å². The molecule has 1 atom stereocenters. The largest absolute Gasteiger partial charge is 0.123 e. The third-order valence-corrected chi connectivity index (χ3v) is 3.52. The van der Waals surface area contributed by atoms with Gasteiger partial charge in [-0.2, -0.15) is 0 Å². The first-order valence-electron chi connectivity index (χ1n) is 5.12. The Labute approximate surface area is 98.8 Å². The van der Waals surface area contributed by atoms with Crippen molar-refractivity contribution < 1.29 is 0 Å². The lowest BCUT2D eigenvalue weighted by Gasteiger charge is -2.08. The SMILES string of the molecule is ClC(Cc1ccc(Br)cc1)CC1CC1. The highest BCUT2D eigenvalue weighted by Gasteiger charge is 2.24. The molecule has 0 saturated heterocycles. The average molecular weight is 274 g/mol. The summed E-state index contributed by atoms with van der Waals surface area (Å²) in [5.74, 6) is 0.924. The van der Waals surface area contributed by atoms with Crippen molar-refractivity contribution in [2.75, 3.05) is 0 Å². The minimum Gasteiger partial charge on any atom is -0.123 e. The summed E-state index contributed by atoms with van der Waals surface area (Å²) >= 11 is 9.71. The Bertz CT molecular complexity index is 290. The van der Waals surface area contributed by atoms with Gasteiger partial charge in [0, 0.05) is 9.85 Å². The van der Waals surface area contributed by atoms with Crippen LogP contribution in [0.2, 0.25) is 0 Å². The lowest BCUT2D eigenvalue weighted by molar-refractivity contribution is 0.674. The summed E-state index contributed by atoms with van der Waals surface area (Å²) in [7, 11) is 0. The van der Waals surface area contributed by atoms with Crippen molar-refractivity contribution in [2.24, 2.45) is 5.92 Å². The summed E-state index contributed by atoms with van der Waals surface area (Å²) in [4.78, 5) is 0. The molecule has 14 heavy (non-hydrogen) atoms. The van der Waals surface area contributed by atoms with Gasteiger partial charge in [-0.25, -0.2) is 0 Å². The zero-order valence-corrected chi connectivity index (χ0v) is 10.4. The predicted octanol–water partition coefficient (Wildman–Crippen LogP) is 4.40. The van der Waals surface area contributed by atoms with Gasteiger partial charge >= 0.3 is 0 Å². The van der Waals surface area contributed by atoms with E-state index in [0.29, 0.717) is 5.38 Å². The van der Waals surface area contributed by atoms with Crippen molar-refractivity contribution in [3.8, 4) is 0 Å². The molecule has 0 spiro atoms. The van der Waals surface area contributed by atoms with Gasteiger partial charge in [0.1, 0.15) is 0 Å². The topological polar surface area (TPSA) is 0 Å². The minimum atomic E-state index is 0.323. The summed E-state index contributed by atoms with van der Waals surface area (Å²) in [6.45, 7) is 0. The van der Waals surface area contributed by atoms with Crippen LogP contribution >= 0.6 is 27.5 Å². The molecule has 2 rings (SSSR count). The first kappa shape index (κ1) is 10.5. The maximum atomic E-state index is 6.28. The van der Waals surface area contributed by atoms with Crippen molar-refractivity contribution in [3.63, 3.8) is 0 Å². The summed E-state index contributed by atoms with van der Waals surface area (Å²) < 4.78 is 1.13. The maximum absolute atomic E-state index is 6.28. The Morgan fingerprint density at radius 3 is 2.50 bits per heavy atom. The average Bonchev–Trinajstić information content (AvgIpc) is 2.93. The molecule has 0 amide bonds. The van der Waals surface area contributed by atoms with Crippen molar-refractivity contribution in [3.05, 3.63) is 34.3 Å². The molecule has 1 unspecified atom stereocenters. The molecule has 0 N–H and O–H groups in total. The Morgan fingerprint density at radius 2 is 1.93 bits per heavy atom. The smallest absolute Gasteiger partial charge is 0.0379 e. The van der Waals surface area contributed by atoms with Crippen molar-refractivity contribution in [1.29, 1.82) is 0 Å². The molecule has 1 aliphatic carbocycles. The molecular formula is C12H14BrCl. The minimum absolute atomic E-state index is 0.323. The van der Waals surface area contributed by atoms with Gasteiger partial charge in [-0.1, -0.05) is 40.9 Å². The monoisotopic (exact) mass is 272 g/mol. The summed E-state index contributed by atoms with van der Waals surface area (Å²) in [6.07, 6.45) is 4.98. The van der Waals surface area contributed by atoms with Gasteiger partial charge in [0.2, 0.25) is 0 Å². The molecule has 0 heterocycles. The van der Waals surface area contributed by atoms with E-state index < -0.39 is 0 Å². The second-order valence-corrected chi connectivity index (χ2v) is 5.64. The predicted molar refractivity (Wildman–Crippen MR) is 64.8 cm³/mol. The molecule has 0 bridgehead atoms. The number of rotatable bonds is 4. The third-order valence-electron chi connectivity index (χ3n) is 2.66. The fraction of sp³-hybridized carbons (Fsp3) is 0.500. The number of hydrogen-bond acceptors (Lipinski definition) is 0. The molecule has 1 aliphatic rings. The summed E-state index contributed by atoms with van der Waals surface area (Å²) in [6, 6.07) is 8.45. The van der Waals surface area contributed by atoms with Crippen LogP contribution in [0.3, 0.4) is 0 Å². The molecule has 1 aromatic carbocycles. The second kappa shape index (κ2) is 4.67. The van der Waals surface area contributed by atoms with E-state index in [9.17, 15) is 0 Å². The summed E-state index contributed by atoms with van der Waals surface area (Å²) in [5.41, 5.74) is 1.34. The molecule has 1 aromatic rings. The van der Waals surface area contributed by atoms with Crippen molar-refractivity contribution in [1.82, 2.24) is 0 Å². The Morgan fingerprint density at radius 1 is 1.29 bits per heavy atom. The summed E-state index contributed by atoms with van der Waals surface area (Å²) in [5, 5.41) is 0.323. The molecule has 0 radical (unpaired) electrons. The van der Waals surface area contributed by atoms with E-state index in [1.54, 1.807) is 0 Å². The van der Waals surface area contributed by atoms with E-state index in [2.05, 4.69) is 40.2 Å². The first-order valence-corrected chi connectivity index (χ1v) is 6.35. The maximum Gasteiger partial charge on any atom is 0.0379 e. The number of alkyl halides is 1. The highest BCUT2D eigenvalue weighted by molar-refractivity contribution is 9.10. The van der Waals surface area contributed by atoms with Crippen LogP contribution in [0.5, 0.6) is 0 Å². The Hall–Kier alpha value is -0.0100. The van der Waals surface area contributed by atoms with Crippen LogP contribution in [-0.2, 0) is 6.42 Å². The molecule has 1 fully saturated rings. The van der Waals surface area contributed by atoms with Gasteiger partial charge in [-0.3, -0.25) is 0 Å². The van der Waals surface area contributed by atoms with Crippen LogP contribution in [-0.4, -0.2) is 5.38 Å². The number of halogens is 2. The van der Waals surface area contributed by atoms with Gasteiger partial charge in [0.25, 0.3) is 0 Å². The first-order chi connectivity index (χ1) is 6.74. The van der Waals surface area contributed by atoms with Gasteiger partial charge in [0.05, 0.1) is 0 Å². The van der Waals surface area contributed by atoms with Gasteiger partial charge in [-0.05, 0) is 36.5 Å². The fourth-order valence-electron chi connectivity index (χ4n) is 1.67. The molecule has 76 valence electrons. The molecule has 1 saturated carbocycles. The standard InChI is InChI=1S/C12H14BrCl/c13-11-5-3-10(4-6-11)8-12(14)7-9-1-2-9/h3-6,9,12H,1-2,7-8H2. The van der Waals surface area contributed by atoms with E-state index in [-0.39, 0.29) is 0 Å². The molecule has 2 heteroatoms. The zero-order valence-electron chi connectivity index (χ0n) is 8.05. The highest BCUT2D eigenvalue weighted by Crippen LogP contribution is 2.35. The number of hydrogen-bond donors (Lipinski definition) is 0.